The summed E-state index contributed by atoms with van der Waals surface area (Å²) in [6.07, 6.45) is 12.1. The fraction of sp³-hybridized carbons (Fsp3) is 0.596. The molecule has 8 bridgehead atoms. The molecule has 4 fully saturated rings. The van der Waals surface area contributed by atoms with Crippen LogP contribution in [-0.4, -0.2) is 255 Å². The maximum absolute atomic E-state index is 14.2. The second-order valence-electron chi connectivity index (χ2n) is 32.2. The Balaban J connectivity index is 0.000000321. The first kappa shape index (κ1) is 103. The number of carboxylic acid groups (broad SMARTS) is 1. The van der Waals surface area contributed by atoms with E-state index in [0.717, 1.165) is 27.2 Å². The molecule has 35 heteroatoms. The lowest BCUT2D eigenvalue weighted by molar-refractivity contribution is -0.162. The van der Waals surface area contributed by atoms with Crippen LogP contribution in [0.3, 0.4) is 0 Å². The number of benzene rings is 2. The van der Waals surface area contributed by atoms with Crippen molar-refractivity contribution in [3.05, 3.63) is 117 Å². The van der Waals surface area contributed by atoms with Crippen molar-refractivity contribution in [2.24, 2.45) is 11.8 Å². The number of esters is 2. The van der Waals surface area contributed by atoms with E-state index in [9.17, 15) is 67.7 Å². The summed E-state index contributed by atoms with van der Waals surface area (Å²) in [5.74, 6) is -4.83. The molecule has 0 aliphatic carbocycles. The van der Waals surface area contributed by atoms with Crippen LogP contribution in [0.25, 0.3) is 0 Å². The largest absolute Gasteiger partial charge is 0.495 e. The van der Waals surface area contributed by atoms with Crippen LogP contribution < -0.4 is 35.2 Å². The predicted octanol–water partition coefficient (Wildman–Crippen LogP) is 10.3. The summed E-state index contributed by atoms with van der Waals surface area (Å²) in [6, 6.07) is 5.49. The summed E-state index contributed by atoms with van der Waals surface area (Å²) in [5, 5.41) is 40.1. The van der Waals surface area contributed by atoms with Crippen LogP contribution in [-0.2, 0) is 98.7 Å². The minimum Gasteiger partial charge on any atom is -0.495 e. The number of ether oxygens (including phenoxy) is 10. The van der Waals surface area contributed by atoms with Crippen molar-refractivity contribution in [3.63, 3.8) is 0 Å². The molecule has 6 N–H and O–H groups in total. The molecule has 0 saturated carbocycles. The van der Waals surface area contributed by atoms with Crippen LogP contribution in [0.2, 0.25) is 10.0 Å². The fourth-order valence-corrected chi connectivity index (χ4v) is 15.7. The molecule has 16 atom stereocenters. The molecular formula is C89H126Cl2N8O25. The number of carbonyl (C=O) groups excluding carboxylic acids is 11. The Kier molecular flexibility index (Phi) is 38.8. The maximum atomic E-state index is 14.2. The molecule has 8 heterocycles. The topological polar surface area (TPSA) is 417 Å². The summed E-state index contributed by atoms with van der Waals surface area (Å²) in [5.41, 5.74) is -1.70. The molecule has 0 radical (unpaired) electrons. The van der Waals surface area contributed by atoms with E-state index < -0.39 is 131 Å². The van der Waals surface area contributed by atoms with E-state index in [0.29, 0.717) is 80.8 Å². The average molecular weight is 1780 g/mol. The number of hydrogen-bond acceptors (Lipinski definition) is 25. The van der Waals surface area contributed by atoms with Crippen molar-refractivity contribution in [2.75, 3.05) is 79.5 Å². The summed E-state index contributed by atoms with van der Waals surface area (Å²) < 4.78 is 58.1. The first-order chi connectivity index (χ1) is 58.5. The van der Waals surface area contributed by atoms with E-state index in [4.69, 9.17) is 75.7 Å². The number of halogens is 2. The highest BCUT2D eigenvalue weighted by Crippen LogP contribution is 2.51. The molecule has 124 heavy (non-hydrogen) atoms. The molecule has 2 aromatic rings. The van der Waals surface area contributed by atoms with Gasteiger partial charge in [0.1, 0.15) is 81.5 Å². The van der Waals surface area contributed by atoms with Crippen LogP contribution in [0.5, 0.6) is 11.5 Å². The van der Waals surface area contributed by atoms with Gasteiger partial charge in [-0.2, -0.15) is 0 Å². The highest BCUT2D eigenvalue weighted by molar-refractivity contribution is 6.36. The third-order valence-corrected chi connectivity index (χ3v) is 23.6. The minimum atomic E-state index is -1.85. The third kappa shape index (κ3) is 26.7. The number of anilines is 2. The lowest BCUT2D eigenvalue weighted by Gasteiger charge is -2.42. The number of rotatable bonds is 22. The molecule has 8 aliphatic rings. The third-order valence-electron chi connectivity index (χ3n) is 22.9. The van der Waals surface area contributed by atoms with E-state index in [2.05, 4.69) is 29.8 Å². The molecule has 2 aromatic carbocycles. The highest BCUT2D eigenvalue weighted by Gasteiger charge is 2.66. The van der Waals surface area contributed by atoms with Gasteiger partial charge >= 0.3 is 30.1 Å². The lowest BCUT2D eigenvalue weighted by Crippen LogP contribution is -2.63. The predicted molar refractivity (Wildman–Crippen MR) is 462 cm³/mol. The number of likely N-dealkylation sites (N-methyl/N-ethyl adjacent to an activating group) is 2. The molecule has 8 aliphatic heterocycles. The SMILES string of the molecule is CC.CCC.CN[C@@H](C)C(=O)O[C@H]1CC(=O)N(C)c2cc(cc(OC)c2Cl)C/C(C)=C/C=C/[C@@H](OC)[C@@]2(O)C[C@H](OC(=O)N2)[C@@H](C)C2O[C@]21C.COc1cc2cc(c1Cl)N(C)C(=O)C[C@H](OC(=O)[C@H](C)N(C)C(=O)CCCCCN1C(=O)C=CC1=O)[C@]1(C)OC1[C@H](C)[C@@H]1C[C@@](O)(NC(=O)O1)[C@H](OC)/C=C/C=C(\C)C2.O=C(O)CCCCCN1C(=O)C=CC1=O. The summed E-state index contributed by atoms with van der Waals surface area (Å²) in [7, 11) is 12.1. The van der Waals surface area contributed by atoms with Crippen LogP contribution in [0.1, 0.15) is 178 Å². The van der Waals surface area contributed by atoms with Crippen LogP contribution >= 0.6 is 23.2 Å². The normalized spacial score (nSPS) is 29.1. The van der Waals surface area contributed by atoms with Gasteiger partial charge in [-0.3, -0.25) is 63.6 Å². The van der Waals surface area contributed by atoms with Crippen molar-refractivity contribution < 1.29 is 120 Å². The van der Waals surface area contributed by atoms with Gasteiger partial charge in [0.2, 0.25) is 17.7 Å². The molecular weight excluding hydrogens is 1650 g/mol. The molecule has 2 unspecified atom stereocenters. The van der Waals surface area contributed by atoms with Gasteiger partial charge in [0.05, 0.1) is 50.6 Å². The van der Waals surface area contributed by atoms with E-state index in [-0.39, 0.29) is 90.6 Å². The second kappa shape index (κ2) is 46.6. The van der Waals surface area contributed by atoms with Gasteiger partial charge in [-0.15, -0.1) is 0 Å². The number of epoxide rings is 2. The summed E-state index contributed by atoms with van der Waals surface area (Å²) >= 11 is 13.5. The number of amides is 9. The smallest absolute Gasteiger partial charge is 0.409 e. The first-order valence-corrected chi connectivity index (χ1v) is 42.7. The zero-order valence-electron chi connectivity index (χ0n) is 74.8. The van der Waals surface area contributed by atoms with E-state index in [1.165, 1.54) is 92.7 Å². The number of aliphatic hydroxyl groups is 2. The number of aliphatic carboxylic acids is 1. The Labute approximate surface area is 736 Å². The van der Waals surface area contributed by atoms with Gasteiger partial charge in [-0.05, 0) is 123 Å². The van der Waals surface area contributed by atoms with E-state index in [1.807, 2.05) is 52.8 Å². The van der Waals surface area contributed by atoms with Gasteiger partial charge in [-0.1, -0.05) is 132 Å². The number of carbonyl (C=O) groups is 12. The van der Waals surface area contributed by atoms with Crippen molar-refractivity contribution in [1.29, 1.82) is 0 Å². The lowest BCUT2D eigenvalue weighted by atomic mass is 9.83. The molecule has 0 aromatic heterocycles. The molecule has 33 nitrogen and oxygen atoms in total. The first-order valence-electron chi connectivity index (χ1n) is 41.9. The second-order valence-corrected chi connectivity index (χ2v) is 32.9. The van der Waals surface area contributed by atoms with Crippen LogP contribution in [0.4, 0.5) is 21.0 Å². The number of hydrogen-bond donors (Lipinski definition) is 6. The minimum absolute atomic E-state index is 0.00553. The molecule has 4 saturated heterocycles. The number of carboxylic acids is 1. The number of alkyl carbamates (subject to hydrolysis) is 2. The standard InChI is InChI=1S/C42H55ClN4O12.C32H44ClN3O9.C10H13NO4.C3H8.C2H6/c1-24-13-12-14-31(56-8)42(54)23-30(57-40(53)44-42)25(2)38-41(4,59-38)32(22-36(51)46(6)28-20-27(19-24)21-29(55-7)37(28)43)58-39(52)26(3)45(5)33(48)15-10-9-11-18-47-34(49)16-17-35(47)50;1-17-10-9-11-24(42-8)32(40)16-23(43-30(39)35-32)18(2)28-31(4,45-28)25(44-29(38)19(3)34-5)15-26(37)36(6)21-13-20(12-17)14-22(41-7)27(21)33;12-8-5-6-9(13)11(8)7-3-1-2-4-10(14)15;1-3-2;1-2/h12-14,16-17,20-21,25-26,30-32,38,54H,9-11,15,18-19,22-23H2,1-8H3,(H,44,53);9-11,13-14,18-19,23-25,28,34,40H,12,15-16H2,1-8H3,(H,35,39);5-6H,1-4,7H2,(H,14,15);3H2,1-2H3;1-2H3/b14-12+,24-13+;11-9+,17-10+;;;/t25-,26+,30+,31-,32+,38?,41+,42+;18-,19+,23+,24-,25+,28?,31+,32+;;;/m11.../s1. The highest BCUT2D eigenvalue weighted by atomic mass is 35.5. The molecule has 10 rings (SSSR count). The number of nitrogens with zero attached hydrogens (tertiary/aromatic N) is 5. The number of allylic oxidation sites excluding steroid dienone is 6. The summed E-state index contributed by atoms with van der Waals surface area (Å²) in [6.45, 7) is 23.0. The Morgan fingerprint density at radius 3 is 1.33 bits per heavy atom. The Morgan fingerprint density at radius 2 is 0.976 bits per heavy atom. The maximum Gasteiger partial charge on any atom is 0.409 e. The number of methoxy groups -OCH3 is 4. The number of nitrogens with one attached hydrogen (secondary N) is 3. The molecule has 9 amide bonds. The zero-order chi connectivity index (χ0) is 92.6. The van der Waals surface area contributed by atoms with Crippen molar-refractivity contribution in [3.8, 4) is 11.5 Å². The van der Waals surface area contributed by atoms with Gasteiger partial charge < -0.3 is 82.7 Å². The van der Waals surface area contributed by atoms with Gasteiger partial charge in [0, 0.05) is 110 Å². The summed E-state index contributed by atoms with van der Waals surface area (Å²) in [4.78, 5) is 156. The van der Waals surface area contributed by atoms with E-state index in [1.54, 1.807) is 91.3 Å². The van der Waals surface area contributed by atoms with Crippen LogP contribution in [0.15, 0.2) is 96.2 Å². The quantitative estimate of drug-likeness (QED) is 0.0210. The van der Waals surface area contributed by atoms with Gasteiger partial charge in [-0.25, -0.2) is 14.4 Å². The molecule has 686 valence electrons. The number of fused-ring (bicyclic) bond motifs is 10. The Morgan fingerprint density at radius 1 is 0.605 bits per heavy atom. The fourth-order valence-electron chi connectivity index (χ4n) is 15.1. The van der Waals surface area contributed by atoms with Crippen molar-refractivity contribution in [2.45, 2.75) is 263 Å². The van der Waals surface area contributed by atoms with Gasteiger partial charge in [0.25, 0.3) is 23.6 Å². The number of unbranched alkanes of at least 4 members (excludes halogenated alkanes) is 4. The molecule has 0 spiro atoms. The van der Waals surface area contributed by atoms with Crippen molar-refractivity contribution >= 4 is 106 Å². The van der Waals surface area contributed by atoms with Crippen LogP contribution in [0, 0.1) is 11.8 Å². The zero-order valence-corrected chi connectivity index (χ0v) is 76.4. The van der Waals surface area contributed by atoms with Gasteiger partial charge in [0.15, 0.2) is 11.4 Å². The average Bonchev–Trinajstić information content (AvgIpc) is 1.57. The van der Waals surface area contributed by atoms with E-state index >= 15 is 0 Å². The van der Waals surface area contributed by atoms with Crippen molar-refractivity contribution in [1.82, 2.24) is 30.7 Å². The Hall–Kier alpha value is -9.58. The Bertz CT molecular complexity index is 4330. The monoisotopic (exact) mass is 1780 g/mol. The number of imide groups is 2.